The molecular weight excluding hydrogens is 470 g/mol. The van der Waals surface area contributed by atoms with Crippen LogP contribution in [0.15, 0.2) is 78.9 Å². The fraction of sp³-hybridized carbons (Fsp3) is 0.179. The summed E-state index contributed by atoms with van der Waals surface area (Å²) in [5, 5.41) is 25.5. The second-order valence-corrected chi connectivity index (χ2v) is 8.69. The predicted octanol–water partition coefficient (Wildman–Crippen LogP) is 4.24. The largest absolute Gasteiger partial charge is 0.508 e. The summed E-state index contributed by atoms with van der Waals surface area (Å²) >= 11 is 0. The highest BCUT2D eigenvalue weighted by molar-refractivity contribution is 5.92. The van der Waals surface area contributed by atoms with Gasteiger partial charge in [-0.15, -0.1) is 0 Å². The van der Waals surface area contributed by atoms with Crippen LogP contribution in [0.4, 0.5) is 17.3 Å². The molecule has 5 rings (SSSR count). The van der Waals surface area contributed by atoms with Crippen LogP contribution in [0.1, 0.15) is 0 Å². The molecule has 9 nitrogen and oxygen atoms in total. The van der Waals surface area contributed by atoms with Crippen LogP contribution in [0.2, 0.25) is 0 Å². The number of hydrogen-bond donors (Lipinski definition) is 4. The molecule has 188 valence electrons. The first-order chi connectivity index (χ1) is 18.0. The van der Waals surface area contributed by atoms with Crippen molar-refractivity contribution in [3.63, 3.8) is 0 Å². The molecule has 0 bridgehead atoms. The lowest BCUT2D eigenvalue weighted by Gasteiger charge is -2.25. The Balaban J connectivity index is 1.34. The Labute approximate surface area is 214 Å². The van der Waals surface area contributed by atoms with Crippen molar-refractivity contribution < 1.29 is 19.7 Å². The van der Waals surface area contributed by atoms with Crippen LogP contribution in [0.25, 0.3) is 22.5 Å². The molecule has 4 aromatic rings. The van der Waals surface area contributed by atoms with Crippen molar-refractivity contribution >= 4 is 23.2 Å². The normalized spacial score (nSPS) is 13.7. The van der Waals surface area contributed by atoms with Gasteiger partial charge in [0.25, 0.3) is 0 Å². The number of anilines is 3. The molecule has 0 saturated carbocycles. The molecule has 1 aromatic heterocycles. The Morgan fingerprint density at radius 1 is 0.784 bits per heavy atom. The number of rotatable bonds is 7. The molecule has 4 N–H and O–H groups in total. The molecule has 0 radical (unpaired) electrons. The molecule has 2 heterocycles. The molecule has 0 aliphatic carbocycles. The van der Waals surface area contributed by atoms with Crippen LogP contribution < -0.4 is 10.6 Å². The first-order valence-corrected chi connectivity index (χ1v) is 12.0. The van der Waals surface area contributed by atoms with Crippen LogP contribution in [0.3, 0.4) is 0 Å². The summed E-state index contributed by atoms with van der Waals surface area (Å²) in [6, 6.07) is 22.8. The van der Waals surface area contributed by atoms with Gasteiger partial charge in [-0.05, 0) is 78.9 Å². The number of benzene rings is 3. The van der Waals surface area contributed by atoms with Gasteiger partial charge in [-0.3, -0.25) is 9.69 Å². The third-order valence-corrected chi connectivity index (χ3v) is 5.95. The highest BCUT2D eigenvalue weighted by Gasteiger charge is 2.14. The molecule has 1 saturated heterocycles. The van der Waals surface area contributed by atoms with Crippen LogP contribution >= 0.6 is 0 Å². The Bertz CT molecular complexity index is 1290. The van der Waals surface area contributed by atoms with Crippen LogP contribution in [0, 0.1) is 0 Å². The van der Waals surface area contributed by atoms with Crippen molar-refractivity contribution in [2.45, 2.75) is 0 Å². The SMILES string of the molecule is O=C(CN1CCOCC1)Nc1ccc(Nc2nc(-c3ccc(O)cc3)cc(-c3ccc(O)cc3)n2)cc1. The van der Waals surface area contributed by atoms with Gasteiger partial charge >= 0.3 is 0 Å². The van der Waals surface area contributed by atoms with Gasteiger partial charge in [0.05, 0.1) is 31.1 Å². The third kappa shape index (κ3) is 6.40. The maximum atomic E-state index is 12.4. The highest BCUT2D eigenvalue weighted by Crippen LogP contribution is 2.28. The Kier molecular flexibility index (Phi) is 7.25. The standard InChI is InChI=1S/C28H27N5O4/c34-23-9-1-19(2-10-23)25-17-26(20-3-11-24(35)12-4-20)32-28(31-25)30-22-7-5-21(6-8-22)29-27(36)18-33-13-15-37-16-14-33/h1-12,17,34-35H,13-16,18H2,(H,29,36)(H,30,31,32). The van der Waals surface area contributed by atoms with Gasteiger partial charge in [0, 0.05) is 35.6 Å². The number of nitrogens with zero attached hydrogens (tertiary/aromatic N) is 3. The number of morpholine rings is 1. The van der Waals surface area contributed by atoms with Crippen molar-refractivity contribution in [3.05, 3.63) is 78.9 Å². The van der Waals surface area contributed by atoms with Gasteiger partial charge in [0.2, 0.25) is 11.9 Å². The monoisotopic (exact) mass is 497 g/mol. The van der Waals surface area contributed by atoms with E-state index in [-0.39, 0.29) is 17.4 Å². The number of aromatic nitrogens is 2. The van der Waals surface area contributed by atoms with Gasteiger partial charge in [0.1, 0.15) is 11.5 Å². The molecule has 1 aliphatic rings. The molecule has 1 aliphatic heterocycles. The number of hydrogen-bond acceptors (Lipinski definition) is 8. The lowest BCUT2D eigenvalue weighted by atomic mass is 10.1. The zero-order chi connectivity index (χ0) is 25.6. The number of aromatic hydroxyl groups is 2. The Morgan fingerprint density at radius 2 is 1.30 bits per heavy atom. The lowest BCUT2D eigenvalue weighted by molar-refractivity contribution is -0.118. The molecule has 9 heteroatoms. The number of amides is 1. The van der Waals surface area contributed by atoms with Gasteiger partial charge in [0.15, 0.2) is 0 Å². The molecule has 0 unspecified atom stereocenters. The number of phenols is 2. The van der Waals surface area contributed by atoms with E-state index in [9.17, 15) is 15.0 Å². The van der Waals surface area contributed by atoms with Crippen LogP contribution in [-0.2, 0) is 9.53 Å². The molecule has 37 heavy (non-hydrogen) atoms. The zero-order valence-corrected chi connectivity index (χ0v) is 20.1. The molecule has 1 amide bonds. The van der Waals surface area contributed by atoms with E-state index >= 15 is 0 Å². The van der Waals surface area contributed by atoms with Crippen molar-refractivity contribution in [2.24, 2.45) is 0 Å². The summed E-state index contributed by atoms with van der Waals surface area (Å²) in [6.07, 6.45) is 0. The van der Waals surface area contributed by atoms with E-state index in [1.165, 1.54) is 0 Å². The minimum absolute atomic E-state index is 0.0638. The number of phenolic OH excluding ortho intramolecular Hbond substituents is 2. The van der Waals surface area contributed by atoms with Crippen molar-refractivity contribution in [1.29, 1.82) is 0 Å². The van der Waals surface area contributed by atoms with Crippen LogP contribution in [-0.4, -0.2) is 63.8 Å². The number of ether oxygens (including phenoxy) is 1. The average Bonchev–Trinajstić information content (AvgIpc) is 2.91. The molecular formula is C28H27N5O4. The minimum Gasteiger partial charge on any atom is -0.508 e. The van der Waals surface area contributed by atoms with Crippen molar-refractivity contribution in [2.75, 3.05) is 43.5 Å². The van der Waals surface area contributed by atoms with Gasteiger partial charge in [-0.25, -0.2) is 9.97 Å². The van der Waals surface area contributed by atoms with Crippen molar-refractivity contribution in [3.8, 4) is 34.0 Å². The fourth-order valence-corrected chi connectivity index (χ4v) is 3.99. The van der Waals surface area contributed by atoms with E-state index in [4.69, 9.17) is 4.74 Å². The smallest absolute Gasteiger partial charge is 0.238 e. The minimum atomic E-state index is -0.0638. The van der Waals surface area contributed by atoms with Gasteiger partial charge in [-0.2, -0.15) is 0 Å². The fourth-order valence-electron chi connectivity index (χ4n) is 3.99. The first-order valence-electron chi connectivity index (χ1n) is 12.0. The summed E-state index contributed by atoms with van der Waals surface area (Å²) in [7, 11) is 0. The quantitative estimate of drug-likeness (QED) is 0.299. The van der Waals surface area contributed by atoms with E-state index in [0.717, 1.165) is 29.9 Å². The van der Waals surface area contributed by atoms with E-state index in [0.29, 0.717) is 42.8 Å². The topological polar surface area (TPSA) is 120 Å². The van der Waals surface area contributed by atoms with Gasteiger partial charge in [-0.1, -0.05) is 0 Å². The number of carbonyl (C=O) groups is 1. The van der Waals surface area contributed by atoms with E-state index in [1.807, 2.05) is 30.3 Å². The maximum Gasteiger partial charge on any atom is 0.238 e. The van der Waals surface area contributed by atoms with E-state index in [2.05, 4.69) is 25.5 Å². The molecule has 1 fully saturated rings. The molecule has 3 aromatic carbocycles. The maximum absolute atomic E-state index is 12.4. The Hall–Kier alpha value is -4.47. The number of nitrogens with one attached hydrogen (secondary N) is 2. The third-order valence-electron chi connectivity index (χ3n) is 5.95. The van der Waals surface area contributed by atoms with Crippen molar-refractivity contribution in [1.82, 2.24) is 14.9 Å². The summed E-state index contributed by atoms with van der Waals surface area (Å²) in [4.78, 5) is 23.8. The number of carbonyl (C=O) groups excluding carboxylic acids is 1. The highest BCUT2D eigenvalue weighted by atomic mass is 16.5. The molecule has 0 atom stereocenters. The van der Waals surface area contributed by atoms with E-state index in [1.54, 1.807) is 48.5 Å². The predicted molar refractivity (Wildman–Crippen MR) is 142 cm³/mol. The van der Waals surface area contributed by atoms with Gasteiger partial charge < -0.3 is 25.6 Å². The molecule has 0 spiro atoms. The average molecular weight is 498 g/mol. The summed E-state index contributed by atoms with van der Waals surface area (Å²) in [5.41, 5.74) is 4.45. The second-order valence-electron chi connectivity index (χ2n) is 8.69. The Morgan fingerprint density at radius 3 is 1.84 bits per heavy atom. The zero-order valence-electron chi connectivity index (χ0n) is 20.1. The second kappa shape index (κ2) is 11.1. The van der Waals surface area contributed by atoms with Crippen LogP contribution in [0.5, 0.6) is 11.5 Å². The first kappa shape index (κ1) is 24.2. The summed E-state index contributed by atoms with van der Waals surface area (Å²) in [6.45, 7) is 3.15. The summed E-state index contributed by atoms with van der Waals surface area (Å²) < 4.78 is 5.33. The summed E-state index contributed by atoms with van der Waals surface area (Å²) in [5.74, 6) is 0.669. The lowest BCUT2D eigenvalue weighted by Crippen LogP contribution is -2.41. The van der Waals surface area contributed by atoms with E-state index < -0.39 is 0 Å².